The van der Waals surface area contributed by atoms with Gasteiger partial charge in [0.05, 0.1) is 16.3 Å². The van der Waals surface area contributed by atoms with Gasteiger partial charge in [0.25, 0.3) is 0 Å². The second-order valence-corrected chi connectivity index (χ2v) is 5.33. The smallest absolute Gasteiger partial charge is 0.227 e. The Morgan fingerprint density at radius 1 is 1.13 bits per heavy atom. The number of nitriles is 1. The van der Waals surface area contributed by atoms with Gasteiger partial charge in [-0.05, 0) is 30.2 Å². The average Bonchev–Trinajstić information content (AvgIpc) is 2.95. The van der Waals surface area contributed by atoms with Crippen molar-refractivity contribution in [1.29, 1.82) is 5.26 Å². The number of hydrogen-bond acceptors (Lipinski definition) is 3. The van der Waals surface area contributed by atoms with Crippen LogP contribution in [0.2, 0.25) is 0 Å². The fourth-order valence-electron chi connectivity index (χ4n) is 2.99. The number of hydrogen-bond donors (Lipinski definition) is 0. The SMILES string of the molecule is Cc1c(-c2ccccc2)c(F)c2c(oc3ncccc32)c1C#N. The van der Waals surface area contributed by atoms with E-state index in [0.717, 1.165) is 5.56 Å². The number of aromatic nitrogens is 1. The van der Waals surface area contributed by atoms with Crippen LogP contribution < -0.4 is 0 Å². The van der Waals surface area contributed by atoms with Crippen LogP contribution in [-0.4, -0.2) is 4.98 Å². The lowest BCUT2D eigenvalue weighted by Gasteiger charge is -2.10. The van der Waals surface area contributed by atoms with Gasteiger partial charge in [0, 0.05) is 11.8 Å². The predicted octanol–water partition coefficient (Wildman–Crippen LogP) is 4.97. The van der Waals surface area contributed by atoms with Crippen LogP contribution in [0.4, 0.5) is 4.39 Å². The maximum absolute atomic E-state index is 15.3. The maximum Gasteiger partial charge on any atom is 0.227 e. The highest BCUT2D eigenvalue weighted by Gasteiger charge is 2.23. The number of rotatable bonds is 1. The first-order valence-electron chi connectivity index (χ1n) is 7.17. The summed E-state index contributed by atoms with van der Waals surface area (Å²) in [6.07, 6.45) is 1.58. The van der Waals surface area contributed by atoms with E-state index in [1.54, 1.807) is 25.3 Å². The maximum atomic E-state index is 15.3. The minimum atomic E-state index is -0.380. The van der Waals surface area contributed by atoms with Gasteiger partial charge in [-0.15, -0.1) is 0 Å². The van der Waals surface area contributed by atoms with E-state index in [4.69, 9.17) is 4.42 Å². The Labute approximate surface area is 131 Å². The molecule has 2 aromatic heterocycles. The van der Waals surface area contributed by atoms with Gasteiger partial charge in [-0.2, -0.15) is 5.26 Å². The van der Waals surface area contributed by atoms with Gasteiger partial charge in [0.1, 0.15) is 11.9 Å². The van der Waals surface area contributed by atoms with Gasteiger partial charge in [0.15, 0.2) is 5.58 Å². The van der Waals surface area contributed by atoms with Gasteiger partial charge in [-0.25, -0.2) is 9.37 Å². The molecule has 0 aliphatic heterocycles. The number of benzene rings is 2. The summed E-state index contributed by atoms with van der Waals surface area (Å²) in [6, 6.07) is 14.9. The first-order valence-corrected chi connectivity index (χ1v) is 7.17. The molecule has 0 N–H and O–H groups in total. The van der Waals surface area contributed by atoms with Crippen molar-refractivity contribution in [2.24, 2.45) is 0 Å². The zero-order chi connectivity index (χ0) is 16.0. The first kappa shape index (κ1) is 13.5. The van der Waals surface area contributed by atoms with Crippen molar-refractivity contribution in [3.63, 3.8) is 0 Å². The highest BCUT2D eigenvalue weighted by Crippen LogP contribution is 2.39. The molecular weight excluding hydrogens is 291 g/mol. The molecule has 110 valence electrons. The molecule has 0 aliphatic rings. The van der Waals surface area contributed by atoms with E-state index >= 15 is 4.39 Å². The lowest BCUT2D eigenvalue weighted by molar-refractivity contribution is 0.631. The Morgan fingerprint density at radius 3 is 2.65 bits per heavy atom. The zero-order valence-electron chi connectivity index (χ0n) is 12.3. The summed E-state index contributed by atoms with van der Waals surface area (Å²) in [7, 11) is 0. The van der Waals surface area contributed by atoms with Crippen LogP contribution in [-0.2, 0) is 0 Å². The molecule has 0 amide bonds. The third-order valence-electron chi connectivity index (χ3n) is 4.06. The lowest BCUT2D eigenvalue weighted by atomic mass is 9.93. The van der Waals surface area contributed by atoms with Gasteiger partial charge in [-0.3, -0.25) is 0 Å². The first-order chi connectivity index (χ1) is 11.2. The molecule has 3 nitrogen and oxygen atoms in total. The summed E-state index contributed by atoms with van der Waals surface area (Å²) in [5.74, 6) is -0.380. The van der Waals surface area contributed by atoms with Crippen LogP contribution in [0.5, 0.6) is 0 Å². The molecule has 0 atom stereocenters. The molecule has 2 aromatic carbocycles. The predicted molar refractivity (Wildman–Crippen MR) is 86.4 cm³/mol. The quantitative estimate of drug-likeness (QED) is 0.499. The lowest BCUT2D eigenvalue weighted by Crippen LogP contribution is -1.95. The molecule has 0 saturated heterocycles. The standard InChI is InChI=1S/C19H11FN2O/c1-11-14(10-21)18-16(13-8-5-9-22-19(13)23-18)17(20)15(11)12-6-3-2-4-7-12/h2-9H,1H3. The molecule has 0 radical (unpaired) electrons. The fraction of sp³-hybridized carbons (Fsp3) is 0.0526. The van der Waals surface area contributed by atoms with Crippen LogP contribution in [0.25, 0.3) is 33.2 Å². The van der Waals surface area contributed by atoms with Crippen molar-refractivity contribution in [1.82, 2.24) is 4.98 Å². The van der Waals surface area contributed by atoms with Gasteiger partial charge in [-0.1, -0.05) is 30.3 Å². The number of nitrogens with zero attached hydrogens (tertiary/aromatic N) is 2. The summed E-state index contributed by atoms with van der Waals surface area (Å²) in [5, 5.41) is 10.4. The second-order valence-electron chi connectivity index (χ2n) is 5.33. The number of halogens is 1. The van der Waals surface area contributed by atoms with E-state index in [-0.39, 0.29) is 11.4 Å². The third kappa shape index (κ3) is 1.84. The van der Waals surface area contributed by atoms with E-state index in [0.29, 0.717) is 33.2 Å². The molecule has 4 aromatic rings. The van der Waals surface area contributed by atoms with Crippen LogP contribution >= 0.6 is 0 Å². The summed E-state index contributed by atoms with van der Waals surface area (Å²) in [6.45, 7) is 1.74. The molecule has 0 unspecified atom stereocenters. The van der Waals surface area contributed by atoms with Crippen LogP contribution in [0.1, 0.15) is 11.1 Å². The summed E-state index contributed by atoms with van der Waals surface area (Å²) in [5.41, 5.74) is 2.68. The molecule has 4 rings (SSSR count). The molecule has 4 heteroatoms. The van der Waals surface area contributed by atoms with Crippen molar-refractivity contribution < 1.29 is 8.81 Å². The van der Waals surface area contributed by atoms with E-state index in [1.807, 2.05) is 30.3 Å². The highest BCUT2D eigenvalue weighted by molar-refractivity contribution is 6.08. The molecule has 0 bridgehead atoms. The Bertz CT molecular complexity index is 1090. The van der Waals surface area contributed by atoms with Crippen molar-refractivity contribution in [3.05, 3.63) is 65.6 Å². The van der Waals surface area contributed by atoms with Crippen molar-refractivity contribution in [2.45, 2.75) is 6.92 Å². The van der Waals surface area contributed by atoms with E-state index in [9.17, 15) is 5.26 Å². The number of furan rings is 1. The van der Waals surface area contributed by atoms with E-state index < -0.39 is 0 Å². The van der Waals surface area contributed by atoms with Crippen molar-refractivity contribution in [3.8, 4) is 17.2 Å². The zero-order valence-corrected chi connectivity index (χ0v) is 12.3. The molecule has 0 aliphatic carbocycles. The third-order valence-corrected chi connectivity index (χ3v) is 4.06. The van der Waals surface area contributed by atoms with Gasteiger partial charge >= 0.3 is 0 Å². The molecule has 0 fully saturated rings. The summed E-state index contributed by atoms with van der Waals surface area (Å²) in [4.78, 5) is 4.12. The molecule has 0 saturated carbocycles. The Balaban J connectivity index is 2.25. The minimum Gasteiger partial charge on any atom is -0.436 e. The van der Waals surface area contributed by atoms with Gasteiger partial charge in [0.2, 0.25) is 5.71 Å². The monoisotopic (exact) mass is 302 g/mol. The van der Waals surface area contributed by atoms with Crippen molar-refractivity contribution in [2.75, 3.05) is 0 Å². The molecule has 2 heterocycles. The van der Waals surface area contributed by atoms with Crippen LogP contribution in [0, 0.1) is 24.1 Å². The Kier molecular flexibility index (Phi) is 2.88. The van der Waals surface area contributed by atoms with Crippen LogP contribution in [0.15, 0.2) is 53.1 Å². The second kappa shape index (κ2) is 4.92. The van der Waals surface area contributed by atoms with E-state index in [2.05, 4.69) is 11.1 Å². The average molecular weight is 302 g/mol. The van der Waals surface area contributed by atoms with E-state index in [1.165, 1.54) is 0 Å². The largest absolute Gasteiger partial charge is 0.436 e. The number of fused-ring (bicyclic) bond motifs is 3. The Morgan fingerprint density at radius 2 is 1.91 bits per heavy atom. The van der Waals surface area contributed by atoms with Gasteiger partial charge < -0.3 is 4.42 Å². The molecule has 23 heavy (non-hydrogen) atoms. The summed E-state index contributed by atoms with van der Waals surface area (Å²) >= 11 is 0. The van der Waals surface area contributed by atoms with Crippen molar-refractivity contribution >= 4 is 22.1 Å². The number of pyridine rings is 1. The topological polar surface area (TPSA) is 49.8 Å². The summed E-state index contributed by atoms with van der Waals surface area (Å²) < 4.78 is 21.0. The fourth-order valence-corrected chi connectivity index (χ4v) is 2.99. The Hall–Kier alpha value is -3.19. The molecular formula is C19H11FN2O. The van der Waals surface area contributed by atoms with Crippen LogP contribution in [0.3, 0.4) is 0 Å². The normalized spacial score (nSPS) is 11.0. The minimum absolute atomic E-state index is 0.260. The molecule has 0 spiro atoms. The highest BCUT2D eigenvalue weighted by atomic mass is 19.1.